The van der Waals surface area contributed by atoms with Crippen LogP contribution in [0.25, 0.3) is 0 Å². The standard InChI is InChI=1S/C17H23BrClNO/c1-2-20-16(14-10-13(19)4-5-15(14)18)12-6-9-21-17(11-12)7-3-8-17/h4-5,10,12,16,20H,2-3,6-9,11H2,1H3. The third-order valence-corrected chi connectivity index (χ3v) is 5.94. The van der Waals surface area contributed by atoms with E-state index in [1.165, 1.54) is 31.2 Å². The molecule has 1 spiro atoms. The van der Waals surface area contributed by atoms with Crippen molar-refractivity contribution in [3.05, 3.63) is 33.3 Å². The first-order valence-corrected chi connectivity index (χ1v) is 9.13. The molecule has 1 aromatic rings. The molecule has 1 saturated carbocycles. The van der Waals surface area contributed by atoms with E-state index in [4.69, 9.17) is 16.3 Å². The number of halogens is 2. The van der Waals surface area contributed by atoms with Crippen LogP contribution in [0.1, 0.15) is 50.6 Å². The summed E-state index contributed by atoms with van der Waals surface area (Å²) in [6, 6.07) is 6.45. The molecule has 4 heteroatoms. The maximum Gasteiger partial charge on any atom is 0.0686 e. The van der Waals surface area contributed by atoms with Crippen molar-refractivity contribution in [1.29, 1.82) is 0 Å². The largest absolute Gasteiger partial charge is 0.375 e. The molecule has 1 heterocycles. The highest BCUT2D eigenvalue weighted by atomic mass is 79.9. The van der Waals surface area contributed by atoms with Crippen molar-refractivity contribution in [2.24, 2.45) is 5.92 Å². The molecule has 1 saturated heterocycles. The molecule has 2 unspecified atom stereocenters. The van der Waals surface area contributed by atoms with Gasteiger partial charge in [-0.05, 0) is 68.3 Å². The summed E-state index contributed by atoms with van der Waals surface area (Å²) < 4.78 is 7.23. The van der Waals surface area contributed by atoms with Crippen LogP contribution in [0.2, 0.25) is 5.02 Å². The van der Waals surface area contributed by atoms with Gasteiger partial charge < -0.3 is 10.1 Å². The van der Waals surface area contributed by atoms with Crippen LogP contribution in [0, 0.1) is 5.92 Å². The van der Waals surface area contributed by atoms with Crippen molar-refractivity contribution in [1.82, 2.24) is 5.32 Å². The van der Waals surface area contributed by atoms with E-state index in [1.807, 2.05) is 6.07 Å². The fourth-order valence-corrected chi connectivity index (χ4v) is 4.45. The SMILES string of the molecule is CCNC(c1cc(Cl)ccc1Br)C1CCOC2(CCC2)C1. The molecule has 1 aliphatic carbocycles. The molecule has 2 fully saturated rings. The summed E-state index contributed by atoms with van der Waals surface area (Å²) in [6.07, 6.45) is 6.08. The topological polar surface area (TPSA) is 21.3 Å². The molecule has 116 valence electrons. The number of rotatable bonds is 4. The fourth-order valence-electron chi connectivity index (χ4n) is 3.77. The summed E-state index contributed by atoms with van der Waals surface area (Å²) >= 11 is 9.92. The van der Waals surface area contributed by atoms with E-state index in [9.17, 15) is 0 Å². The van der Waals surface area contributed by atoms with Gasteiger partial charge in [-0.2, -0.15) is 0 Å². The second-order valence-electron chi connectivity index (χ2n) is 6.34. The van der Waals surface area contributed by atoms with Gasteiger partial charge in [0.2, 0.25) is 0 Å². The summed E-state index contributed by atoms with van der Waals surface area (Å²) in [5.41, 5.74) is 1.47. The number of hydrogen-bond acceptors (Lipinski definition) is 2. The monoisotopic (exact) mass is 371 g/mol. The van der Waals surface area contributed by atoms with Gasteiger partial charge >= 0.3 is 0 Å². The second kappa shape index (κ2) is 6.57. The van der Waals surface area contributed by atoms with E-state index in [2.05, 4.69) is 40.3 Å². The van der Waals surface area contributed by atoms with E-state index in [-0.39, 0.29) is 5.60 Å². The minimum atomic E-state index is 0.182. The Hall–Kier alpha value is -0.0900. The molecule has 1 aromatic carbocycles. The van der Waals surface area contributed by atoms with Crippen molar-refractivity contribution < 1.29 is 4.74 Å². The van der Waals surface area contributed by atoms with E-state index < -0.39 is 0 Å². The number of hydrogen-bond donors (Lipinski definition) is 1. The summed E-state index contributed by atoms with van der Waals surface area (Å²) in [5, 5.41) is 4.49. The van der Waals surface area contributed by atoms with Gasteiger partial charge in [-0.1, -0.05) is 34.5 Å². The highest BCUT2D eigenvalue weighted by Gasteiger charge is 2.44. The van der Waals surface area contributed by atoms with Gasteiger partial charge in [0.15, 0.2) is 0 Å². The van der Waals surface area contributed by atoms with E-state index in [0.717, 1.165) is 29.1 Å². The molecule has 0 amide bonds. The summed E-state index contributed by atoms with van der Waals surface area (Å²) in [4.78, 5) is 0. The predicted molar refractivity (Wildman–Crippen MR) is 90.8 cm³/mol. The molecule has 1 aliphatic heterocycles. The summed E-state index contributed by atoms with van der Waals surface area (Å²) in [6.45, 7) is 4.03. The molecular weight excluding hydrogens is 350 g/mol. The first-order chi connectivity index (χ1) is 10.1. The van der Waals surface area contributed by atoms with Gasteiger partial charge in [0.1, 0.15) is 0 Å². The Labute approximate surface area is 140 Å². The fraction of sp³-hybridized carbons (Fsp3) is 0.647. The highest BCUT2D eigenvalue weighted by Crippen LogP contribution is 2.47. The first kappa shape index (κ1) is 15.8. The Kier molecular flexibility index (Phi) is 4.94. The molecule has 0 bridgehead atoms. The maximum atomic E-state index is 6.22. The van der Waals surface area contributed by atoms with Gasteiger partial charge in [-0.15, -0.1) is 0 Å². The Balaban J connectivity index is 1.84. The average molecular weight is 373 g/mol. The summed E-state index contributed by atoms with van der Waals surface area (Å²) in [7, 11) is 0. The zero-order chi connectivity index (χ0) is 14.9. The highest BCUT2D eigenvalue weighted by molar-refractivity contribution is 9.10. The maximum absolute atomic E-state index is 6.22. The molecule has 21 heavy (non-hydrogen) atoms. The third-order valence-electron chi connectivity index (χ3n) is 4.98. The lowest BCUT2D eigenvalue weighted by molar-refractivity contribution is -0.147. The van der Waals surface area contributed by atoms with Gasteiger partial charge in [0, 0.05) is 22.1 Å². The molecule has 1 N–H and O–H groups in total. The van der Waals surface area contributed by atoms with Gasteiger partial charge in [0.25, 0.3) is 0 Å². The molecule has 2 atom stereocenters. The van der Waals surface area contributed by atoms with Crippen LogP contribution in [0.3, 0.4) is 0 Å². The molecule has 0 radical (unpaired) electrons. The van der Waals surface area contributed by atoms with Crippen LogP contribution >= 0.6 is 27.5 Å². The molecule has 2 aliphatic rings. The Morgan fingerprint density at radius 1 is 1.48 bits per heavy atom. The minimum Gasteiger partial charge on any atom is -0.375 e. The molecule has 0 aromatic heterocycles. The van der Waals surface area contributed by atoms with Crippen LogP contribution in [-0.4, -0.2) is 18.8 Å². The Morgan fingerprint density at radius 2 is 2.29 bits per heavy atom. The Morgan fingerprint density at radius 3 is 2.95 bits per heavy atom. The molecular formula is C17H23BrClNO. The van der Waals surface area contributed by atoms with E-state index in [0.29, 0.717) is 12.0 Å². The van der Waals surface area contributed by atoms with Crippen molar-refractivity contribution in [3.8, 4) is 0 Å². The first-order valence-electron chi connectivity index (χ1n) is 7.96. The van der Waals surface area contributed by atoms with Crippen LogP contribution in [0.5, 0.6) is 0 Å². The number of nitrogens with one attached hydrogen (secondary N) is 1. The second-order valence-corrected chi connectivity index (χ2v) is 7.63. The molecule has 2 nitrogen and oxygen atoms in total. The summed E-state index contributed by atoms with van der Waals surface area (Å²) in [5.74, 6) is 0.619. The predicted octanol–water partition coefficient (Wildman–Crippen LogP) is 5.10. The third kappa shape index (κ3) is 3.31. The van der Waals surface area contributed by atoms with E-state index in [1.54, 1.807) is 0 Å². The zero-order valence-electron chi connectivity index (χ0n) is 12.5. The quantitative estimate of drug-likeness (QED) is 0.793. The van der Waals surface area contributed by atoms with Crippen LogP contribution in [0.15, 0.2) is 22.7 Å². The van der Waals surface area contributed by atoms with Crippen molar-refractivity contribution >= 4 is 27.5 Å². The number of ether oxygens (including phenoxy) is 1. The van der Waals surface area contributed by atoms with Crippen LogP contribution < -0.4 is 5.32 Å². The van der Waals surface area contributed by atoms with Gasteiger partial charge in [-0.3, -0.25) is 0 Å². The van der Waals surface area contributed by atoms with Crippen LogP contribution in [0.4, 0.5) is 0 Å². The van der Waals surface area contributed by atoms with Crippen molar-refractivity contribution in [2.75, 3.05) is 13.2 Å². The average Bonchev–Trinajstić information content (AvgIpc) is 2.46. The Bertz CT molecular complexity index is 504. The smallest absolute Gasteiger partial charge is 0.0686 e. The molecule has 3 rings (SSSR count). The minimum absolute atomic E-state index is 0.182. The van der Waals surface area contributed by atoms with Gasteiger partial charge in [-0.25, -0.2) is 0 Å². The number of benzene rings is 1. The lowest BCUT2D eigenvalue weighted by Gasteiger charge is -2.49. The van der Waals surface area contributed by atoms with Gasteiger partial charge in [0.05, 0.1) is 5.60 Å². The van der Waals surface area contributed by atoms with Crippen molar-refractivity contribution in [2.45, 2.75) is 50.7 Å². The van der Waals surface area contributed by atoms with Crippen molar-refractivity contribution in [3.63, 3.8) is 0 Å². The van der Waals surface area contributed by atoms with Crippen LogP contribution in [-0.2, 0) is 4.74 Å². The lowest BCUT2D eigenvalue weighted by Crippen LogP contribution is -2.48. The zero-order valence-corrected chi connectivity index (χ0v) is 14.8. The van der Waals surface area contributed by atoms with E-state index >= 15 is 0 Å². The lowest BCUT2D eigenvalue weighted by atomic mass is 9.69. The normalized spacial score (nSPS) is 25.6.